The normalized spacial score (nSPS) is 23.4. The lowest BCUT2D eigenvalue weighted by atomic mass is 9.77. The van der Waals surface area contributed by atoms with Crippen LogP contribution in [0.1, 0.15) is 29.5 Å². The van der Waals surface area contributed by atoms with E-state index in [0.717, 1.165) is 12.0 Å². The molecule has 0 fully saturated rings. The molecule has 0 aromatic heterocycles. The van der Waals surface area contributed by atoms with E-state index in [1.54, 1.807) is 21.3 Å². The number of para-hydroxylation sites is 1. The van der Waals surface area contributed by atoms with Gasteiger partial charge in [0.2, 0.25) is 5.75 Å². The molecular formula is C21H23NO3. The number of hydrogen-bond acceptors (Lipinski definition) is 4. The third-order valence-electron chi connectivity index (χ3n) is 5.32. The topological polar surface area (TPSA) is 39.7 Å². The monoisotopic (exact) mass is 337 g/mol. The van der Waals surface area contributed by atoms with Crippen molar-refractivity contribution in [1.82, 2.24) is 0 Å². The summed E-state index contributed by atoms with van der Waals surface area (Å²) < 4.78 is 16.5. The number of methoxy groups -OCH3 is 3. The van der Waals surface area contributed by atoms with Crippen LogP contribution >= 0.6 is 0 Å². The van der Waals surface area contributed by atoms with Crippen molar-refractivity contribution in [3.8, 4) is 17.2 Å². The molecule has 130 valence electrons. The second-order valence-electron chi connectivity index (χ2n) is 6.52. The average molecular weight is 337 g/mol. The zero-order chi connectivity index (χ0) is 17.4. The Bertz CT molecular complexity index is 790. The predicted molar refractivity (Wildman–Crippen MR) is 98.9 cm³/mol. The molecule has 0 saturated heterocycles. The highest BCUT2D eigenvalue weighted by Crippen LogP contribution is 2.51. The maximum absolute atomic E-state index is 5.54. The summed E-state index contributed by atoms with van der Waals surface area (Å²) in [7, 11) is 4.95. The third-order valence-corrected chi connectivity index (χ3v) is 5.32. The van der Waals surface area contributed by atoms with Crippen LogP contribution in [0, 0.1) is 5.92 Å². The molecule has 1 aliphatic heterocycles. The van der Waals surface area contributed by atoms with Gasteiger partial charge in [0.15, 0.2) is 11.5 Å². The van der Waals surface area contributed by atoms with E-state index in [1.807, 2.05) is 0 Å². The summed E-state index contributed by atoms with van der Waals surface area (Å²) >= 11 is 0. The molecule has 0 amide bonds. The molecule has 4 nitrogen and oxygen atoms in total. The lowest BCUT2D eigenvalue weighted by Crippen LogP contribution is -2.29. The van der Waals surface area contributed by atoms with E-state index in [9.17, 15) is 0 Å². The van der Waals surface area contributed by atoms with Gasteiger partial charge in [-0.3, -0.25) is 0 Å². The number of ether oxygens (including phenoxy) is 3. The summed E-state index contributed by atoms with van der Waals surface area (Å²) in [6, 6.07) is 12.9. The summed E-state index contributed by atoms with van der Waals surface area (Å²) in [6.45, 7) is 0. The van der Waals surface area contributed by atoms with Crippen LogP contribution < -0.4 is 19.5 Å². The number of anilines is 1. The first-order valence-corrected chi connectivity index (χ1v) is 8.59. The number of benzene rings is 2. The fraction of sp³-hybridized carbons (Fsp3) is 0.333. The van der Waals surface area contributed by atoms with Crippen LogP contribution in [0.3, 0.4) is 0 Å². The van der Waals surface area contributed by atoms with E-state index in [0.29, 0.717) is 29.1 Å². The van der Waals surface area contributed by atoms with Gasteiger partial charge in [0.1, 0.15) is 0 Å². The van der Waals surface area contributed by atoms with Crippen LogP contribution in [0.2, 0.25) is 0 Å². The Hall–Kier alpha value is -2.62. The molecular weight excluding hydrogens is 314 g/mol. The van der Waals surface area contributed by atoms with Crippen LogP contribution in [-0.4, -0.2) is 21.3 Å². The number of hydrogen-bond donors (Lipinski definition) is 1. The molecule has 2 aromatic carbocycles. The molecule has 1 heterocycles. The van der Waals surface area contributed by atoms with Crippen molar-refractivity contribution in [3.63, 3.8) is 0 Å². The van der Waals surface area contributed by atoms with E-state index < -0.39 is 0 Å². The van der Waals surface area contributed by atoms with Gasteiger partial charge in [0.05, 0.1) is 27.4 Å². The van der Waals surface area contributed by atoms with Gasteiger partial charge in [0, 0.05) is 11.6 Å². The fourth-order valence-electron chi connectivity index (χ4n) is 4.15. The molecule has 2 aromatic rings. The summed E-state index contributed by atoms with van der Waals surface area (Å²) in [5.74, 6) is 2.95. The first-order valence-electron chi connectivity index (χ1n) is 8.59. The minimum atomic E-state index is 0.198. The SMILES string of the molecule is COc1cc(C2Nc3ccccc3C3C=CCC32)cc(OC)c1OC. The Kier molecular flexibility index (Phi) is 4.04. The lowest BCUT2D eigenvalue weighted by Gasteiger charge is -2.37. The van der Waals surface area contributed by atoms with Crippen molar-refractivity contribution in [2.45, 2.75) is 18.4 Å². The standard InChI is InChI=1S/C21H23NO3/c1-23-18-11-13(12-19(24-2)21(18)25-3)20-16-9-6-8-14(16)15-7-4-5-10-17(15)22-20/h4-8,10-12,14,16,20,22H,9H2,1-3H3. The Morgan fingerprint density at radius 3 is 2.36 bits per heavy atom. The Balaban J connectivity index is 1.80. The summed E-state index contributed by atoms with van der Waals surface area (Å²) in [4.78, 5) is 0. The van der Waals surface area contributed by atoms with Crippen molar-refractivity contribution in [1.29, 1.82) is 0 Å². The molecule has 0 saturated carbocycles. The van der Waals surface area contributed by atoms with E-state index in [2.05, 4.69) is 53.9 Å². The van der Waals surface area contributed by atoms with Gasteiger partial charge >= 0.3 is 0 Å². The molecule has 25 heavy (non-hydrogen) atoms. The second-order valence-corrected chi connectivity index (χ2v) is 6.52. The van der Waals surface area contributed by atoms with Crippen LogP contribution in [0.5, 0.6) is 17.2 Å². The largest absolute Gasteiger partial charge is 0.493 e. The molecule has 4 heteroatoms. The van der Waals surface area contributed by atoms with Gasteiger partial charge in [-0.25, -0.2) is 0 Å². The first kappa shape index (κ1) is 15.9. The van der Waals surface area contributed by atoms with Crippen molar-refractivity contribution in [3.05, 3.63) is 59.7 Å². The highest BCUT2D eigenvalue weighted by molar-refractivity contribution is 5.61. The maximum atomic E-state index is 5.54. The van der Waals surface area contributed by atoms with E-state index in [1.165, 1.54) is 11.3 Å². The smallest absolute Gasteiger partial charge is 0.203 e. The number of nitrogens with one attached hydrogen (secondary N) is 1. The highest BCUT2D eigenvalue weighted by Gasteiger charge is 2.38. The Labute approximate surface area is 148 Å². The van der Waals surface area contributed by atoms with E-state index in [4.69, 9.17) is 14.2 Å². The number of rotatable bonds is 4. The van der Waals surface area contributed by atoms with Gasteiger partial charge < -0.3 is 19.5 Å². The summed E-state index contributed by atoms with van der Waals surface area (Å²) in [6.07, 6.45) is 5.70. The van der Waals surface area contributed by atoms with Crippen LogP contribution in [0.4, 0.5) is 5.69 Å². The zero-order valence-electron chi connectivity index (χ0n) is 14.8. The fourth-order valence-corrected chi connectivity index (χ4v) is 4.15. The van der Waals surface area contributed by atoms with E-state index in [-0.39, 0.29) is 6.04 Å². The van der Waals surface area contributed by atoms with Gasteiger partial charge in [-0.05, 0) is 41.7 Å². The van der Waals surface area contributed by atoms with Crippen LogP contribution in [0.25, 0.3) is 0 Å². The second kappa shape index (κ2) is 6.36. The minimum absolute atomic E-state index is 0.198. The van der Waals surface area contributed by atoms with Crippen molar-refractivity contribution in [2.24, 2.45) is 5.92 Å². The van der Waals surface area contributed by atoms with Crippen LogP contribution in [0.15, 0.2) is 48.6 Å². The van der Waals surface area contributed by atoms with Gasteiger partial charge in [0.25, 0.3) is 0 Å². The zero-order valence-corrected chi connectivity index (χ0v) is 14.8. The highest BCUT2D eigenvalue weighted by atomic mass is 16.5. The molecule has 3 atom stereocenters. The molecule has 0 spiro atoms. The predicted octanol–water partition coefficient (Wildman–Crippen LogP) is 4.54. The summed E-state index contributed by atoms with van der Waals surface area (Å²) in [5.41, 5.74) is 3.74. The molecule has 3 unspecified atom stereocenters. The van der Waals surface area contributed by atoms with E-state index >= 15 is 0 Å². The van der Waals surface area contributed by atoms with Gasteiger partial charge in [-0.2, -0.15) is 0 Å². The summed E-state index contributed by atoms with van der Waals surface area (Å²) in [5, 5.41) is 3.73. The average Bonchev–Trinajstić information content (AvgIpc) is 3.16. The molecule has 1 N–H and O–H groups in total. The first-order chi connectivity index (χ1) is 12.3. The maximum Gasteiger partial charge on any atom is 0.203 e. The van der Waals surface area contributed by atoms with Gasteiger partial charge in [-0.15, -0.1) is 0 Å². The number of allylic oxidation sites excluding steroid dienone is 2. The van der Waals surface area contributed by atoms with Crippen molar-refractivity contribution >= 4 is 5.69 Å². The molecule has 0 radical (unpaired) electrons. The molecule has 2 aliphatic rings. The molecule has 1 aliphatic carbocycles. The molecule has 0 bridgehead atoms. The molecule has 4 rings (SSSR count). The minimum Gasteiger partial charge on any atom is -0.493 e. The van der Waals surface area contributed by atoms with Crippen LogP contribution in [-0.2, 0) is 0 Å². The third kappa shape index (κ3) is 2.53. The van der Waals surface area contributed by atoms with Crippen molar-refractivity contribution < 1.29 is 14.2 Å². The Morgan fingerprint density at radius 2 is 1.68 bits per heavy atom. The quantitative estimate of drug-likeness (QED) is 0.832. The Morgan fingerprint density at radius 1 is 0.960 bits per heavy atom. The van der Waals surface area contributed by atoms with Crippen molar-refractivity contribution in [2.75, 3.05) is 26.6 Å². The lowest BCUT2D eigenvalue weighted by molar-refractivity contribution is 0.322. The van der Waals surface area contributed by atoms with Gasteiger partial charge in [-0.1, -0.05) is 30.4 Å². The number of fused-ring (bicyclic) bond motifs is 3.